The van der Waals surface area contributed by atoms with Gasteiger partial charge in [0.1, 0.15) is 11.6 Å². The lowest BCUT2D eigenvalue weighted by atomic mass is 9.77. The Morgan fingerprint density at radius 1 is 1.14 bits per heavy atom. The van der Waals surface area contributed by atoms with Gasteiger partial charge in [0.05, 0.1) is 11.7 Å². The maximum atomic E-state index is 14.4. The van der Waals surface area contributed by atoms with Gasteiger partial charge in [-0.25, -0.2) is 8.78 Å². The van der Waals surface area contributed by atoms with Crippen LogP contribution in [0.1, 0.15) is 29.5 Å². The molecule has 4 rings (SSSR count). The van der Waals surface area contributed by atoms with Gasteiger partial charge in [0.25, 0.3) is 0 Å². The molecule has 0 bridgehead atoms. The molecule has 0 amide bonds. The van der Waals surface area contributed by atoms with Crippen molar-refractivity contribution in [2.24, 2.45) is 5.92 Å². The molecule has 4 heteroatoms. The fraction of sp³-hybridized carbons (Fsp3) is 0.222. The van der Waals surface area contributed by atoms with Crippen molar-refractivity contribution in [3.05, 3.63) is 75.8 Å². The summed E-state index contributed by atoms with van der Waals surface area (Å²) in [5.41, 5.74) is 2.37. The number of benzene rings is 2. The maximum Gasteiger partial charge on any atom is 0.147 e. The van der Waals surface area contributed by atoms with Gasteiger partial charge in [-0.15, -0.1) is 0 Å². The van der Waals surface area contributed by atoms with Crippen molar-refractivity contribution in [2.45, 2.75) is 18.4 Å². The number of allylic oxidation sites excluding steroid dienone is 2. The highest BCUT2D eigenvalue weighted by Crippen LogP contribution is 2.51. The average Bonchev–Trinajstić information content (AvgIpc) is 2.96. The van der Waals surface area contributed by atoms with Crippen molar-refractivity contribution in [1.29, 1.82) is 0 Å². The molecule has 2 aromatic rings. The van der Waals surface area contributed by atoms with E-state index in [1.54, 1.807) is 6.07 Å². The number of hydrogen-bond acceptors (Lipinski definition) is 1. The minimum absolute atomic E-state index is 0.0844. The highest BCUT2D eigenvalue weighted by Gasteiger charge is 2.39. The van der Waals surface area contributed by atoms with E-state index in [0.717, 1.165) is 22.0 Å². The van der Waals surface area contributed by atoms with Gasteiger partial charge < -0.3 is 5.32 Å². The molecule has 1 nitrogen and oxygen atoms in total. The Kier molecular flexibility index (Phi) is 3.30. The van der Waals surface area contributed by atoms with Crippen LogP contribution in [0.15, 0.2) is 53.0 Å². The molecule has 0 saturated carbocycles. The molecular formula is C18H14BrF2N. The summed E-state index contributed by atoms with van der Waals surface area (Å²) >= 11 is 3.37. The van der Waals surface area contributed by atoms with Gasteiger partial charge in [-0.3, -0.25) is 0 Å². The minimum atomic E-state index is -0.274. The smallest absolute Gasteiger partial charge is 0.147 e. The van der Waals surface area contributed by atoms with Crippen LogP contribution in [-0.4, -0.2) is 0 Å². The predicted molar refractivity (Wildman–Crippen MR) is 86.9 cm³/mol. The van der Waals surface area contributed by atoms with E-state index < -0.39 is 0 Å². The molecule has 0 saturated heterocycles. The van der Waals surface area contributed by atoms with E-state index in [4.69, 9.17) is 0 Å². The molecule has 2 aliphatic rings. The van der Waals surface area contributed by atoms with E-state index >= 15 is 0 Å². The quantitative estimate of drug-likeness (QED) is 0.656. The van der Waals surface area contributed by atoms with Gasteiger partial charge in [0.15, 0.2) is 0 Å². The molecule has 0 aromatic heterocycles. The van der Waals surface area contributed by atoms with Crippen molar-refractivity contribution in [3.63, 3.8) is 0 Å². The van der Waals surface area contributed by atoms with Crippen molar-refractivity contribution in [1.82, 2.24) is 0 Å². The SMILES string of the molecule is Fc1cccc([C@@H]2Nc3c(F)cc(Br)cc3[C@H]3C=CC[C@@H]32)c1. The minimum Gasteiger partial charge on any atom is -0.375 e. The molecule has 0 spiro atoms. The van der Waals surface area contributed by atoms with Crippen molar-refractivity contribution < 1.29 is 8.78 Å². The van der Waals surface area contributed by atoms with E-state index in [2.05, 4.69) is 33.4 Å². The summed E-state index contributed by atoms with van der Waals surface area (Å²) in [5, 5.41) is 3.30. The number of hydrogen-bond donors (Lipinski definition) is 1. The molecule has 112 valence electrons. The molecule has 1 aliphatic heterocycles. The van der Waals surface area contributed by atoms with E-state index in [0.29, 0.717) is 5.69 Å². The first-order valence-corrected chi connectivity index (χ1v) is 8.10. The van der Waals surface area contributed by atoms with Crippen LogP contribution in [0.3, 0.4) is 0 Å². The van der Waals surface area contributed by atoms with E-state index in [1.165, 1.54) is 18.2 Å². The summed E-state index contributed by atoms with van der Waals surface area (Å²) in [6, 6.07) is 9.93. The van der Waals surface area contributed by atoms with Crippen LogP contribution in [0.4, 0.5) is 14.5 Å². The molecule has 1 heterocycles. The fourth-order valence-corrected chi connectivity index (χ4v) is 4.10. The van der Waals surface area contributed by atoms with Crippen LogP contribution in [0.25, 0.3) is 0 Å². The Morgan fingerprint density at radius 3 is 2.82 bits per heavy atom. The first kappa shape index (κ1) is 13.9. The Morgan fingerprint density at radius 2 is 2.00 bits per heavy atom. The summed E-state index contributed by atoms with van der Waals surface area (Å²) in [6.07, 6.45) is 5.19. The third-order valence-electron chi connectivity index (χ3n) is 4.59. The van der Waals surface area contributed by atoms with Crippen molar-refractivity contribution in [2.75, 3.05) is 5.32 Å². The van der Waals surface area contributed by atoms with E-state index in [1.807, 2.05) is 12.1 Å². The Hall–Kier alpha value is -1.68. The van der Waals surface area contributed by atoms with Gasteiger partial charge >= 0.3 is 0 Å². The normalized spacial score (nSPS) is 25.5. The van der Waals surface area contributed by atoms with Crippen LogP contribution in [-0.2, 0) is 0 Å². The van der Waals surface area contributed by atoms with Crippen LogP contribution in [0.2, 0.25) is 0 Å². The second kappa shape index (κ2) is 5.20. The average molecular weight is 362 g/mol. The molecular weight excluding hydrogens is 348 g/mol. The standard InChI is InChI=1S/C18H14BrF2N/c19-11-8-15-13-5-2-6-14(13)17(22-18(15)16(21)9-11)10-3-1-4-12(20)7-10/h1-5,7-9,13-14,17,22H,6H2/t13-,14-,17-/m0/s1. The number of anilines is 1. The molecule has 0 fully saturated rings. The summed E-state index contributed by atoms with van der Waals surface area (Å²) < 4.78 is 28.7. The van der Waals surface area contributed by atoms with Gasteiger partial charge in [-0.1, -0.05) is 40.2 Å². The Bertz CT molecular complexity index is 772. The zero-order chi connectivity index (χ0) is 15.3. The van der Waals surface area contributed by atoms with Gasteiger partial charge in [0.2, 0.25) is 0 Å². The second-order valence-electron chi connectivity index (χ2n) is 5.88. The van der Waals surface area contributed by atoms with Crippen LogP contribution in [0.5, 0.6) is 0 Å². The van der Waals surface area contributed by atoms with E-state index in [-0.39, 0.29) is 29.5 Å². The van der Waals surface area contributed by atoms with Gasteiger partial charge in [-0.2, -0.15) is 0 Å². The number of fused-ring (bicyclic) bond motifs is 3. The van der Waals surface area contributed by atoms with Gasteiger partial charge in [0, 0.05) is 10.4 Å². The molecule has 22 heavy (non-hydrogen) atoms. The molecule has 3 atom stereocenters. The molecule has 1 aliphatic carbocycles. The zero-order valence-electron chi connectivity index (χ0n) is 11.7. The second-order valence-corrected chi connectivity index (χ2v) is 6.80. The monoisotopic (exact) mass is 361 g/mol. The highest BCUT2D eigenvalue weighted by atomic mass is 79.9. The Balaban J connectivity index is 1.84. The topological polar surface area (TPSA) is 12.0 Å². The lowest BCUT2D eigenvalue weighted by molar-refractivity contribution is 0.419. The number of halogens is 3. The first-order chi connectivity index (χ1) is 10.6. The number of rotatable bonds is 1. The summed E-state index contributed by atoms with van der Waals surface area (Å²) in [6.45, 7) is 0. The molecule has 2 aromatic carbocycles. The summed E-state index contributed by atoms with van der Waals surface area (Å²) in [5.74, 6) is -0.0899. The lowest BCUT2D eigenvalue weighted by Crippen LogP contribution is -2.29. The van der Waals surface area contributed by atoms with Crippen LogP contribution < -0.4 is 5.32 Å². The Labute approximate surface area is 136 Å². The molecule has 0 radical (unpaired) electrons. The van der Waals surface area contributed by atoms with Crippen molar-refractivity contribution in [3.8, 4) is 0 Å². The van der Waals surface area contributed by atoms with Crippen LogP contribution in [0, 0.1) is 17.6 Å². The third-order valence-corrected chi connectivity index (χ3v) is 5.05. The van der Waals surface area contributed by atoms with E-state index in [9.17, 15) is 8.78 Å². The fourth-order valence-electron chi connectivity index (χ4n) is 3.65. The van der Waals surface area contributed by atoms with Crippen LogP contribution >= 0.6 is 15.9 Å². The maximum absolute atomic E-state index is 14.4. The van der Waals surface area contributed by atoms with Gasteiger partial charge in [-0.05, 0) is 47.7 Å². The number of nitrogens with one attached hydrogen (secondary N) is 1. The predicted octanol–water partition coefficient (Wildman–Crippen LogP) is 5.55. The molecule has 0 unspecified atom stereocenters. The molecule has 1 N–H and O–H groups in total. The zero-order valence-corrected chi connectivity index (χ0v) is 13.3. The summed E-state index contributed by atoms with van der Waals surface area (Å²) in [4.78, 5) is 0. The third kappa shape index (κ3) is 2.17. The first-order valence-electron chi connectivity index (χ1n) is 7.31. The van der Waals surface area contributed by atoms with Crippen molar-refractivity contribution >= 4 is 21.6 Å². The lowest BCUT2D eigenvalue weighted by Gasteiger charge is -2.37. The highest BCUT2D eigenvalue weighted by molar-refractivity contribution is 9.10. The largest absolute Gasteiger partial charge is 0.375 e. The summed E-state index contributed by atoms with van der Waals surface area (Å²) in [7, 11) is 0.